The predicted molar refractivity (Wildman–Crippen MR) is 66.8 cm³/mol. The molecular formula is C13H14F3N2O. The van der Waals surface area contributed by atoms with Crippen LogP contribution in [0.5, 0.6) is 0 Å². The SMILES string of the molecule is O=Nc1ccc(N[C]2CCCCC2)cc1C(F)(F)F. The number of hydrogen-bond donors (Lipinski definition) is 1. The van der Waals surface area contributed by atoms with Crippen LogP contribution < -0.4 is 5.32 Å². The second-order valence-corrected chi connectivity index (χ2v) is 4.61. The highest BCUT2D eigenvalue weighted by molar-refractivity contribution is 5.59. The zero-order valence-electron chi connectivity index (χ0n) is 10.3. The molecule has 6 heteroatoms. The van der Waals surface area contributed by atoms with E-state index in [1.807, 2.05) is 0 Å². The van der Waals surface area contributed by atoms with Crippen LogP contribution in [0.25, 0.3) is 0 Å². The van der Waals surface area contributed by atoms with E-state index in [9.17, 15) is 18.1 Å². The molecule has 1 aromatic carbocycles. The standard InChI is InChI=1S/C13H14F3N2O/c14-13(15,16)11-8-10(6-7-12(11)18-19)17-9-4-2-1-3-5-9/h6-8,17H,1-5H2. The Labute approximate surface area is 109 Å². The molecule has 0 saturated heterocycles. The minimum atomic E-state index is -4.57. The Bertz CT molecular complexity index is 454. The fourth-order valence-corrected chi connectivity index (χ4v) is 2.23. The van der Waals surface area contributed by atoms with Gasteiger partial charge < -0.3 is 5.32 Å². The van der Waals surface area contributed by atoms with Crippen LogP contribution in [0.1, 0.15) is 37.7 Å². The molecule has 1 aliphatic carbocycles. The van der Waals surface area contributed by atoms with Gasteiger partial charge in [-0.1, -0.05) is 19.3 Å². The lowest BCUT2D eigenvalue weighted by Crippen LogP contribution is -2.14. The minimum Gasteiger partial charge on any atom is -0.377 e. The van der Waals surface area contributed by atoms with Crippen LogP contribution in [-0.2, 0) is 6.18 Å². The summed E-state index contributed by atoms with van der Waals surface area (Å²) in [6.45, 7) is 0. The highest BCUT2D eigenvalue weighted by Crippen LogP contribution is 2.38. The summed E-state index contributed by atoms with van der Waals surface area (Å²) in [6, 6.07) is 4.54. The summed E-state index contributed by atoms with van der Waals surface area (Å²) in [4.78, 5) is 10.4. The molecular weight excluding hydrogens is 257 g/mol. The fraction of sp³-hybridized carbons (Fsp3) is 0.462. The average molecular weight is 271 g/mol. The van der Waals surface area contributed by atoms with Crippen molar-refractivity contribution in [3.8, 4) is 0 Å². The van der Waals surface area contributed by atoms with Gasteiger partial charge in [0.05, 0.1) is 11.6 Å². The maximum Gasteiger partial charge on any atom is 0.418 e. The first-order chi connectivity index (χ1) is 9.00. The number of rotatable bonds is 3. The van der Waals surface area contributed by atoms with E-state index in [0.717, 1.165) is 50.3 Å². The van der Waals surface area contributed by atoms with Crippen molar-refractivity contribution < 1.29 is 13.2 Å². The number of halogens is 3. The van der Waals surface area contributed by atoms with Crippen molar-refractivity contribution in [3.05, 3.63) is 34.7 Å². The van der Waals surface area contributed by atoms with Crippen molar-refractivity contribution >= 4 is 11.4 Å². The van der Waals surface area contributed by atoms with Crippen molar-refractivity contribution in [2.45, 2.75) is 38.3 Å². The molecule has 0 heterocycles. The van der Waals surface area contributed by atoms with E-state index < -0.39 is 17.4 Å². The van der Waals surface area contributed by atoms with Gasteiger partial charge in [0, 0.05) is 5.69 Å². The number of anilines is 1. The molecule has 0 bridgehead atoms. The van der Waals surface area contributed by atoms with E-state index in [1.165, 1.54) is 6.07 Å². The summed E-state index contributed by atoms with van der Waals surface area (Å²) in [7, 11) is 0. The van der Waals surface area contributed by atoms with Crippen LogP contribution in [0.3, 0.4) is 0 Å². The zero-order chi connectivity index (χ0) is 13.9. The Morgan fingerprint density at radius 1 is 1.11 bits per heavy atom. The largest absolute Gasteiger partial charge is 0.418 e. The molecule has 2 rings (SSSR count). The molecule has 1 aliphatic rings. The maximum atomic E-state index is 12.8. The van der Waals surface area contributed by atoms with Crippen LogP contribution in [-0.4, -0.2) is 0 Å². The van der Waals surface area contributed by atoms with Crippen molar-refractivity contribution in [3.63, 3.8) is 0 Å². The molecule has 0 amide bonds. The van der Waals surface area contributed by atoms with Crippen LogP contribution in [0, 0.1) is 10.9 Å². The molecule has 1 radical (unpaired) electrons. The first-order valence-electron chi connectivity index (χ1n) is 6.17. The molecule has 19 heavy (non-hydrogen) atoms. The van der Waals surface area contributed by atoms with E-state index in [-0.39, 0.29) is 0 Å². The van der Waals surface area contributed by atoms with Gasteiger partial charge in [-0.15, -0.1) is 4.91 Å². The molecule has 0 aromatic heterocycles. The zero-order valence-corrected chi connectivity index (χ0v) is 10.3. The molecule has 0 aliphatic heterocycles. The summed E-state index contributed by atoms with van der Waals surface area (Å²) in [5, 5.41) is 5.44. The Morgan fingerprint density at radius 3 is 2.37 bits per heavy atom. The van der Waals surface area contributed by atoms with Gasteiger partial charge in [0.25, 0.3) is 0 Å². The smallest absolute Gasteiger partial charge is 0.377 e. The Balaban J connectivity index is 2.20. The number of nitrogens with one attached hydrogen (secondary N) is 1. The topological polar surface area (TPSA) is 41.5 Å². The van der Waals surface area contributed by atoms with E-state index in [4.69, 9.17) is 0 Å². The maximum absolute atomic E-state index is 12.8. The second kappa shape index (κ2) is 5.59. The fourth-order valence-electron chi connectivity index (χ4n) is 2.23. The number of alkyl halides is 3. The summed E-state index contributed by atoms with van der Waals surface area (Å²) < 4.78 is 38.3. The number of nitrogens with zero attached hydrogens (tertiary/aromatic N) is 1. The lowest BCUT2D eigenvalue weighted by Gasteiger charge is -2.23. The number of benzene rings is 1. The molecule has 1 aromatic rings. The lowest BCUT2D eigenvalue weighted by atomic mass is 9.95. The molecule has 1 fully saturated rings. The molecule has 0 spiro atoms. The normalized spacial score (nSPS) is 17.2. The van der Waals surface area contributed by atoms with Gasteiger partial charge in [-0.05, 0) is 36.2 Å². The highest BCUT2D eigenvalue weighted by atomic mass is 19.4. The van der Waals surface area contributed by atoms with Gasteiger partial charge in [-0.2, -0.15) is 13.2 Å². The Morgan fingerprint density at radius 2 is 1.79 bits per heavy atom. The number of nitroso groups, excluding NO2 is 1. The second-order valence-electron chi connectivity index (χ2n) is 4.61. The molecule has 0 unspecified atom stereocenters. The van der Waals surface area contributed by atoms with Gasteiger partial charge in [-0.25, -0.2) is 0 Å². The summed E-state index contributed by atoms with van der Waals surface area (Å²) in [5.74, 6) is 0. The van der Waals surface area contributed by atoms with Crippen LogP contribution >= 0.6 is 0 Å². The van der Waals surface area contributed by atoms with Gasteiger partial charge in [0.15, 0.2) is 0 Å². The molecule has 103 valence electrons. The third-order valence-corrected chi connectivity index (χ3v) is 3.18. The molecule has 1 N–H and O–H groups in total. The van der Waals surface area contributed by atoms with E-state index in [1.54, 1.807) is 0 Å². The van der Waals surface area contributed by atoms with Gasteiger partial charge >= 0.3 is 6.18 Å². The first kappa shape index (κ1) is 13.8. The van der Waals surface area contributed by atoms with Crippen LogP contribution in [0.15, 0.2) is 23.4 Å². The third-order valence-electron chi connectivity index (χ3n) is 3.18. The van der Waals surface area contributed by atoms with Gasteiger partial charge in [0.1, 0.15) is 5.69 Å². The monoisotopic (exact) mass is 271 g/mol. The van der Waals surface area contributed by atoms with Gasteiger partial charge in [-0.3, -0.25) is 0 Å². The lowest BCUT2D eigenvalue weighted by molar-refractivity contribution is -0.137. The summed E-state index contributed by atoms with van der Waals surface area (Å²) >= 11 is 0. The third kappa shape index (κ3) is 3.45. The minimum absolute atomic E-state index is 0.358. The average Bonchev–Trinajstić information content (AvgIpc) is 2.39. The van der Waals surface area contributed by atoms with Crippen molar-refractivity contribution in [2.75, 3.05) is 5.32 Å². The van der Waals surface area contributed by atoms with Crippen molar-refractivity contribution in [1.29, 1.82) is 0 Å². The van der Waals surface area contributed by atoms with E-state index in [2.05, 4.69) is 10.5 Å². The van der Waals surface area contributed by atoms with E-state index in [0.29, 0.717) is 5.69 Å². The van der Waals surface area contributed by atoms with Crippen molar-refractivity contribution in [1.82, 2.24) is 0 Å². The molecule has 3 nitrogen and oxygen atoms in total. The Hall–Kier alpha value is -1.59. The molecule has 1 saturated carbocycles. The van der Waals surface area contributed by atoms with Crippen LogP contribution in [0.4, 0.5) is 24.5 Å². The van der Waals surface area contributed by atoms with E-state index >= 15 is 0 Å². The number of hydrogen-bond acceptors (Lipinski definition) is 3. The molecule has 0 atom stereocenters. The van der Waals surface area contributed by atoms with Crippen molar-refractivity contribution in [2.24, 2.45) is 5.18 Å². The summed E-state index contributed by atoms with van der Waals surface area (Å²) in [6.07, 6.45) is 0.472. The first-order valence-corrected chi connectivity index (χ1v) is 6.17. The Kier molecular flexibility index (Phi) is 4.07. The summed E-state index contributed by atoms with van der Waals surface area (Å²) in [5.41, 5.74) is -1.22. The van der Waals surface area contributed by atoms with Crippen LogP contribution in [0.2, 0.25) is 0 Å². The highest BCUT2D eigenvalue weighted by Gasteiger charge is 2.34. The quantitative estimate of drug-likeness (QED) is 0.785. The predicted octanol–water partition coefficient (Wildman–Crippen LogP) is 5.01. The van der Waals surface area contributed by atoms with Gasteiger partial charge in [0.2, 0.25) is 0 Å².